The monoisotopic (exact) mass is 400 g/mol. The Balaban J connectivity index is 1.80. The lowest BCUT2D eigenvalue weighted by molar-refractivity contribution is -0.130. The number of halogens is 1. The van der Waals surface area contributed by atoms with Gasteiger partial charge >= 0.3 is 11.9 Å². The minimum Gasteiger partial charge on any atom is -0.490 e. The van der Waals surface area contributed by atoms with Crippen LogP contribution in [0.25, 0.3) is 0 Å². The Morgan fingerprint density at radius 3 is 1.83 bits per heavy atom. The summed E-state index contributed by atoms with van der Waals surface area (Å²) in [6.07, 6.45) is 0. The van der Waals surface area contributed by atoms with Crippen molar-refractivity contribution in [3.05, 3.63) is 72.6 Å². The molecule has 0 saturated heterocycles. The van der Waals surface area contributed by atoms with Gasteiger partial charge in [0.1, 0.15) is 30.5 Å². The number of hydrogen-bond acceptors (Lipinski definition) is 6. The van der Waals surface area contributed by atoms with E-state index in [1.54, 1.807) is 31.2 Å². The van der Waals surface area contributed by atoms with Crippen molar-refractivity contribution in [2.24, 2.45) is 0 Å². The number of benzene rings is 2. The molecule has 7 heteroatoms. The van der Waals surface area contributed by atoms with Crippen molar-refractivity contribution in [3.63, 3.8) is 0 Å². The normalized spacial score (nSPS) is 10.0. The zero-order valence-electron chi connectivity index (χ0n) is 16.2. The van der Waals surface area contributed by atoms with E-state index in [4.69, 9.17) is 18.9 Å². The summed E-state index contributed by atoms with van der Waals surface area (Å²) in [5, 5.41) is 0. The molecule has 0 aliphatic rings. The Hall–Kier alpha value is -3.61. The molecule has 0 bridgehead atoms. The third kappa shape index (κ3) is 6.80. The second kappa shape index (κ2) is 10.1. The summed E-state index contributed by atoms with van der Waals surface area (Å²) < 4.78 is 34.9. The summed E-state index contributed by atoms with van der Waals surface area (Å²) in [7, 11) is 0. The van der Waals surface area contributed by atoms with Crippen LogP contribution in [0.2, 0.25) is 0 Å². The first kappa shape index (κ1) is 21.7. The van der Waals surface area contributed by atoms with Crippen LogP contribution in [0.3, 0.4) is 0 Å². The second-order valence-electron chi connectivity index (χ2n) is 6.10. The van der Waals surface area contributed by atoms with Crippen LogP contribution >= 0.6 is 0 Å². The van der Waals surface area contributed by atoms with Gasteiger partial charge in [0.2, 0.25) is 0 Å². The number of hydrogen-bond donors (Lipinski definition) is 0. The van der Waals surface area contributed by atoms with Gasteiger partial charge in [-0.05, 0) is 50.2 Å². The SMILES string of the molecule is C=C(C)C(=O)Oc1ccc(OCCOc2ccc(OC(=O)C(=C)C)cc2F)cc1. The van der Waals surface area contributed by atoms with E-state index in [-0.39, 0.29) is 30.3 Å². The zero-order valence-corrected chi connectivity index (χ0v) is 16.2. The highest BCUT2D eigenvalue weighted by molar-refractivity contribution is 5.89. The Morgan fingerprint density at radius 1 is 0.793 bits per heavy atom. The molecule has 0 atom stereocenters. The zero-order chi connectivity index (χ0) is 21.4. The number of esters is 2. The van der Waals surface area contributed by atoms with Gasteiger partial charge in [0.15, 0.2) is 11.6 Å². The van der Waals surface area contributed by atoms with E-state index in [1.165, 1.54) is 19.1 Å². The molecule has 0 heterocycles. The summed E-state index contributed by atoms with van der Waals surface area (Å²) in [6, 6.07) is 10.3. The van der Waals surface area contributed by atoms with Gasteiger partial charge in [-0.25, -0.2) is 14.0 Å². The Morgan fingerprint density at radius 2 is 1.28 bits per heavy atom. The molecular formula is C22H21FO6. The predicted molar refractivity (Wildman–Crippen MR) is 105 cm³/mol. The van der Waals surface area contributed by atoms with Gasteiger partial charge < -0.3 is 18.9 Å². The van der Waals surface area contributed by atoms with Crippen LogP contribution in [-0.4, -0.2) is 25.2 Å². The lowest BCUT2D eigenvalue weighted by Crippen LogP contribution is -2.11. The molecule has 0 aliphatic carbocycles. The first-order valence-electron chi connectivity index (χ1n) is 8.67. The standard InChI is InChI=1S/C22H21FO6/c1-14(2)21(24)28-17-7-5-16(6-8-17)26-11-12-27-20-10-9-18(13-19(20)23)29-22(25)15(3)4/h5-10,13H,1,3,11-12H2,2,4H3. The Labute approximate surface area is 168 Å². The van der Waals surface area contributed by atoms with Crippen LogP contribution in [0.5, 0.6) is 23.0 Å². The molecule has 29 heavy (non-hydrogen) atoms. The van der Waals surface area contributed by atoms with E-state index >= 15 is 0 Å². The van der Waals surface area contributed by atoms with Crippen molar-refractivity contribution in [3.8, 4) is 23.0 Å². The highest BCUT2D eigenvalue weighted by Gasteiger charge is 2.10. The molecule has 0 spiro atoms. The first-order valence-corrected chi connectivity index (χ1v) is 8.67. The van der Waals surface area contributed by atoms with Gasteiger partial charge in [-0.1, -0.05) is 13.2 Å². The highest BCUT2D eigenvalue weighted by atomic mass is 19.1. The minimum atomic E-state index is -0.666. The molecule has 2 aromatic carbocycles. The van der Waals surface area contributed by atoms with Crippen LogP contribution in [0, 0.1) is 5.82 Å². The van der Waals surface area contributed by atoms with Crippen LogP contribution in [0.4, 0.5) is 4.39 Å². The molecule has 2 rings (SSSR count). The minimum absolute atomic E-state index is 0.00535. The van der Waals surface area contributed by atoms with Gasteiger partial charge in [-0.3, -0.25) is 0 Å². The quantitative estimate of drug-likeness (QED) is 0.271. The predicted octanol–water partition coefficient (Wildman–Crippen LogP) is 4.25. The number of carbonyl (C=O) groups is 2. The average molecular weight is 400 g/mol. The molecule has 6 nitrogen and oxygen atoms in total. The Kier molecular flexibility index (Phi) is 7.54. The van der Waals surface area contributed by atoms with Crippen LogP contribution < -0.4 is 18.9 Å². The fourth-order valence-corrected chi connectivity index (χ4v) is 1.97. The highest BCUT2D eigenvalue weighted by Crippen LogP contribution is 2.23. The lowest BCUT2D eigenvalue weighted by atomic mass is 10.3. The summed E-state index contributed by atoms with van der Waals surface area (Å²) in [5.74, 6) is -0.832. The molecular weight excluding hydrogens is 379 g/mol. The molecule has 0 fully saturated rings. The van der Waals surface area contributed by atoms with Gasteiger partial charge in [-0.15, -0.1) is 0 Å². The molecule has 0 aromatic heterocycles. The van der Waals surface area contributed by atoms with Crippen molar-refractivity contribution in [1.82, 2.24) is 0 Å². The molecule has 0 unspecified atom stereocenters. The van der Waals surface area contributed by atoms with Crippen LogP contribution in [0.1, 0.15) is 13.8 Å². The largest absolute Gasteiger partial charge is 0.490 e. The van der Waals surface area contributed by atoms with Crippen molar-refractivity contribution in [1.29, 1.82) is 0 Å². The van der Waals surface area contributed by atoms with E-state index < -0.39 is 17.8 Å². The molecule has 0 amide bonds. The van der Waals surface area contributed by atoms with E-state index in [2.05, 4.69) is 13.2 Å². The summed E-state index contributed by atoms with van der Waals surface area (Å²) in [4.78, 5) is 22.9. The summed E-state index contributed by atoms with van der Waals surface area (Å²) in [6.45, 7) is 10.3. The van der Waals surface area contributed by atoms with Crippen molar-refractivity contribution < 1.29 is 32.9 Å². The molecule has 0 aliphatic heterocycles. The van der Waals surface area contributed by atoms with E-state index in [1.807, 2.05) is 0 Å². The van der Waals surface area contributed by atoms with Gasteiger partial charge in [0.25, 0.3) is 0 Å². The second-order valence-corrected chi connectivity index (χ2v) is 6.10. The lowest BCUT2D eigenvalue weighted by Gasteiger charge is -2.11. The van der Waals surface area contributed by atoms with Crippen molar-refractivity contribution >= 4 is 11.9 Å². The van der Waals surface area contributed by atoms with E-state index in [0.717, 1.165) is 6.07 Å². The maximum Gasteiger partial charge on any atom is 0.338 e. The topological polar surface area (TPSA) is 71.1 Å². The van der Waals surface area contributed by atoms with Crippen LogP contribution in [-0.2, 0) is 9.59 Å². The van der Waals surface area contributed by atoms with Gasteiger partial charge in [-0.2, -0.15) is 0 Å². The number of carbonyl (C=O) groups excluding carboxylic acids is 2. The number of ether oxygens (including phenoxy) is 4. The van der Waals surface area contributed by atoms with Gasteiger partial charge in [0.05, 0.1) is 0 Å². The fraction of sp³-hybridized carbons (Fsp3) is 0.182. The molecule has 0 N–H and O–H groups in total. The molecule has 152 valence electrons. The van der Waals surface area contributed by atoms with E-state index in [9.17, 15) is 14.0 Å². The molecule has 0 radical (unpaired) electrons. The van der Waals surface area contributed by atoms with Crippen molar-refractivity contribution in [2.45, 2.75) is 13.8 Å². The first-order chi connectivity index (χ1) is 13.8. The number of rotatable bonds is 9. The fourth-order valence-electron chi connectivity index (χ4n) is 1.97. The molecule has 2 aromatic rings. The third-order valence-electron chi connectivity index (χ3n) is 3.45. The average Bonchev–Trinajstić information content (AvgIpc) is 2.67. The van der Waals surface area contributed by atoms with E-state index in [0.29, 0.717) is 17.1 Å². The smallest absolute Gasteiger partial charge is 0.338 e. The Bertz CT molecular complexity index is 917. The van der Waals surface area contributed by atoms with Gasteiger partial charge in [0, 0.05) is 17.2 Å². The summed E-state index contributed by atoms with van der Waals surface area (Å²) in [5.41, 5.74) is 0.515. The van der Waals surface area contributed by atoms with Crippen LogP contribution in [0.15, 0.2) is 66.8 Å². The molecule has 0 saturated carbocycles. The van der Waals surface area contributed by atoms with Crippen molar-refractivity contribution in [2.75, 3.05) is 13.2 Å². The maximum absolute atomic E-state index is 14.0. The summed E-state index contributed by atoms with van der Waals surface area (Å²) >= 11 is 0. The third-order valence-corrected chi connectivity index (χ3v) is 3.45. The maximum atomic E-state index is 14.0.